The Bertz CT molecular complexity index is 1470. The summed E-state index contributed by atoms with van der Waals surface area (Å²) in [7, 11) is -4.07. The highest BCUT2D eigenvalue weighted by molar-refractivity contribution is 7.92. The van der Waals surface area contributed by atoms with E-state index < -0.39 is 22.0 Å². The number of amides is 4. The summed E-state index contributed by atoms with van der Waals surface area (Å²) in [6.45, 7) is 0.888. The van der Waals surface area contributed by atoms with Crippen LogP contribution in [0.25, 0.3) is 0 Å². The van der Waals surface area contributed by atoms with Crippen molar-refractivity contribution in [1.29, 1.82) is 0 Å². The lowest BCUT2D eigenvalue weighted by molar-refractivity contribution is -0.117. The van der Waals surface area contributed by atoms with Crippen molar-refractivity contribution in [3.8, 4) is 0 Å². The minimum atomic E-state index is -4.07. The molecule has 0 bridgehead atoms. The maximum atomic E-state index is 13.1. The molecule has 0 saturated heterocycles. The van der Waals surface area contributed by atoms with Crippen LogP contribution in [0.5, 0.6) is 0 Å². The molecule has 9 nitrogen and oxygen atoms in total. The fraction of sp³-hybridized carbons (Fsp3) is 0.208. The Morgan fingerprint density at radius 2 is 1.75 bits per heavy atom. The Hall–Kier alpha value is -3.41. The zero-order valence-electron chi connectivity index (χ0n) is 18.8. The van der Waals surface area contributed by atoms with E-state index in [1.54, 1.807) is 6.07 Å². The summed E-state index contributed by atoms with van der Waals surface area (Å²) in [6.07, 6.45) is 2.55. The number of hydrogen-bond donors (Lipinski definition) is 3. The number of nitrogens with one attached hydrogen (secondary N) is 3. The number of carbonyl (C=O) groups is 3. The first-order valence-corrected chi connectivity index (χ1v) is 13.8. The van der Waals surface area contributed by atoms with Gasteiger partial charge in [-0.25, -0.2) is 22.8 Å². The topological polar surface area (TPSA) is 125 Å². The van der Waals surface area contributed by atoms with Crippen LogP contribution < -0.4 is 20.3 Å². The normalized spacial score (nSPS) is 15.4. The van der Waals surface area contributed by atoms with E-state index in [9.17, 15) is 22.8 Å². The third kappa shape index (κ3) is 5.23. The van der Waals surface area contributed by atoms with Crippen molar-refractivity contribution in [2.24, 2.45) is 5.92 Å². The van der Waals surface area contributed by atoms with E-state index in [1.165, 1.54) is 49.2 Å². The molecule has 12 heteroatoms. The third-order valence-corrected chi connectivity index (χ3v) is 8.90. The number of hydrogen-bond acceptors (Lipinski definition) is 7. The van der Waals surface area contributed by atoms with E-state index in [4.69, 9.17) is 11.6 Å². The summed E-state index contributed by atoms with van der Waals surface area (Å²) in [4.78, 5) is 39.2. The summed E-state index contributed by atoms with van der Waals surface area (Å²) in [6, 6.07) is 13.2. The standard InChI is InChI=1S/C24H21ClN4O5S2/c25-20-9-10-22(35-20)36(33,34)28-24(32)27-16-3-6-18(7-4-16)29-21(30)12-15-11-17(26-13-14-1-2-14)5-8-19(15)23(29)31/h3-11,14,26H,1-2,12-13H2,(H2,27,28,32). The van der Waals surface area contributed by atoms with Gasteiger partial charge in [0.25, 0.3) is 15.9 Å². The van der Waals surface area contributed by atoms with Gasteiger partial charge in [-0.15, -0.1) is 11.3 Å². The van der Waals surface area contributed by atoms with Gasteiger partial charge in [0.15, 0.2) is 0 Å². The van der Waals surface area contributed by atoms with Crippen LogP contribution in [0.15, 0.2) is 58.8 Å². The summed E-state index contributed by atoms with van der Waals surface area (Å²) >= 11 is 6.59. The number of rotatable bonds is 7. The van der Waals surface area contributed by atoms with Gasteiger partial charge in [-0.3, -0.25) is 9.59 Å². The molecular formula is C24H21ClN4O5S2. The second-order valence-electron chi connectivity index (χ2n) is 8.57. The van der Waals surface area contributed by atoms with Crippen LogP contribution >= 0.6 is 22.9 Å². The number of halogens is 1. The van der Waals surface area contributed by atoms with Gasteiger partial charge >= 0.3 is 6.03 Å². The zero-order chi connectivity index (χ0) is 25.4. The molecule has 1 aromatic heterocycles. The molecule has 4 amide bonds. The monoisotopic (exact) mass is 544 g/mol. The smallest absolute Gasteiger partial charge is 0.333 e. The molecular weight excluding hydrogens is 524 g/mol. The molecule has 1 aliphatic heterocycles. The maximum Gasteiger partial charge on any atom is 0.333 e. The van der Waals surface area contributed by atoms with Gasteiger partial charge < -0.3 is 10.6 Å². The molecule has 2 heterocycles. The third-order valence-electron chi connectivity index (χ3n) is 5.85. The first kappa shape index (κ1) is 24.3. The number of sulfonamides is 1. The first-order valence-electron chi connectivity index (χ1n) is 11.1. The average Bonchev–Trinajstić information content (AvgIpc) is 3.55. The number of nitrogens with zero attached hydrogens (tertiary/aromatic N) is 1. The maximum absolute atomic E-state index is 13.1. The van der Waals surface area contributed by atoms with Crippen LogP contribution in [0.1, 0.15) is 28.8 Å². The number of fused-ring (bicyclic) bond motifs is 1. The first-order chi connectivity index (χ1) is 17.2. The highest BCUT2D eigenvalue weighted by Gasteiger charge is 2.32. The molecule has 0 radical (unpaired) electrons. The summed E-state index contributed by atoms with van der Waals surface area (Å²) in [5.41, 5.74) is 2.67. The number of imide groups is 1. The largest absolute Gasteiger partial charge is 0.385 e. The van der Waals surface area contributed by atoms with E-state index in [0.29, 0.717) is 22.7 Å². The van der Waals surface area contributed by atoms with Gasteiger partial charge in [0.05, 0.1) is 16.4 Å². The molecule has 2 aliphatic rings. The minimum absolute atomic E-state index is 0.0903. The van der Waals surface area contributed by atoms with Gasteiger partial charge in [0, 0.05) is 23.5 Å². The molecule has 36 heavy (non-hydrogen) atoms. The lowest BCUT2D eigenvalue weighted by Crippen LogP contribution is -2.42. The van der Waals surface area contributed by atoms with E-state index in [1.807, 2.05) is 16.9 Å². The van der Waals surface area contributed by atoms with Crippen molar-refractivity contribution >= 4 is 67.9 Å². The fourth-order valence-electron chi connectivity index (χ4n) is 3.84. The van der Waals surface area contributed by atoms with E-state index >= 15 is 0 Å². The molecule has 1 fully saturated rings. The predicted molar refractivity (Wildman–Crippen MR) is 138 cm³/mol. The number of urea groups is 1. The minimum Gasteiger partial charge on any atom is -0.385 e. The van der Waals surface area contributed by atoms with Crippen LogP contribution in [-0.4, -0.2) is 32.8 Å². The second kappa shape index (κ2) is 9.57. The van der Waals surface area contributed by atoms with Crippen molar-refractivity contribution in [2.45, 2.75) is 23.5 Å². The van der Waals surface area contributed by atoms with Crippen LogP contribution in [0.3, 0.4) is 0 Å². The van der Waals surface area contributed by atoms with Crippen LogP contribution in [0, 0.1) is 5.92 Å². The quantitative estimate of drug-likeness (QED) is 0.377. The molecule has 3 N–H and O–H groups in total. The Balaban J connectivity index is 1.25. The van der Waals surface area contributed by atoms with Crippen LogP contribution in [-0.2, 0) is 21.2 Å². The molecule has 5 rings (SSSR count). The van der Waals surface area contributed by atoms with Gasteiger partial charge in [-0.1, -0.05) is 11.6 Å². The molecule has 2 aromatic carbocycles. The lowest BCUT2D eigenvalue weighted by atomic mass is 9.97. The molecule has 0 spiro atoms. The number of anilines is 3. The van der Waals surface area contributed by atoms with E-state index in [0.717, 1.165) is 28.5 Å². The molecule has 186 valence electrons. The molecule has 0 atom stereocenters. The SMILES string of the molecule is O=C(Nc1ccc(N2C(=O)Cc3cc(NCC4CC4)ccc3C2=O)cc1)NS(=O)(=O)c1ccc(Cl)s1. The Labute approximate surface area is 216 Å². The predicted octanol–water partition coefficient (Wildman–Crippen LogP) is 4.46. The zero-order valence-corrected chi connectivity index (χ0v) is 21.2. The molecule has 1 aliphatic carbocycles. The molecule has 3 aromatic rings. The Kier molecular flexibility index (Phi) is 6.45. The molecule has 1 saturated carbocycles. The van der Waals surface area contributed by atoms with E-state index in [-0.39, 0.29) is 26.6 Å². The van der Waals surface area contributed by atoms with Crippen LogP contribution in [0.2, 0.25) is 4.34 Å². The summed E-state index contributed by atoms with van der Waals surface area (Å²) in [5, 5.41) is 5.78. The van der Waals surface area contributed by atoms with Crippen molar-refractivity contribution < 1.29 is 22.8 Å². The highest BCUT2D eigenvalue weighted by Crippen LogP contribution is 2.31. The average molecular weight is 545 g/mol. The lowest BCUT2D eigenvalue weighted by Gasteiger charge is -2.27. The van der Waals surface area contributed by atoms with E-state index in [2.05, 4.69) is 10.6 Å². The van der Waals surface area contributed by atoms with Crippen molar-refractivity contribution in [3.63, 3.8) is 0 Å². The number of thiophene rings is 1. The van der Waals surface area contributed by atoms with Crippen LogP contribution in [0.4, 0.5) is 21.9 Å². The molecule has 0 unspecified atom stereocenters. The van der Waals surface area contributed by atoms with Gasteiger partial charge in [0.1, 0.15) is 4.21 Å². The second-order valence-corrected chi connectivity index (χ2v) is 12.2. The number of carbonyl (C=O) groups excluding carboxylic acids is 3. The summed E-state index contributed by atoms with van der Waals surface area (Å²) in [5.74, 6) is -0.0760. The van der Waals surface area contributed by atoms with Crippen molar-refractivity contribution in [2.75, 3.05) is 22.1 Å². The highest BCUT2D eigenvalue weighted by atomic mass is 35.5. The van der Waals surface area contributed by atoms with Crippen molar-refractivity contribution in [1.82, 2.24) is 4.72 Å². The fourth-order valence-corrected chi connectivity index (χ4v) is 6.23. The Morgan fingerprint density at radius 1 is 1.03 bits per heavy atom. The van der Waals surface area contributed by atoms with Gasteiger partial charge in [-0.2, -0.15) is 0 Å². The Morgan fingerprint density at radius 3 is 2.42 bits per heavy atom. The van der Waals surface area contributed by atoms with Gasteiger partial charge in [0.2, 0.25) is 5.91 Å². The van der Waals surface area contributed by atoms with Crippen molar-refractivity contribution in [3.05, 3.63) is 70.1 Å². The summed E-state index contributed by atoms with van der Waals surface area (Å²) < 4.78 is 26.6. The number of benzene rings is 2. The van der Waals surface area contributed by atoms with Gasteiger partial charge in [-0.05, 0) is 78.9 Å².